The predicted octanol–water partition coefficient (Wildman–Crippen LogP) is 2.43. The van der Waals surface area contributed by atoms with Crippen LogP contribution in [-0.4, -0.2) is 50.8 Å². The molecule has 0 spiro atoms. The van der Waals surface area contributed by atoms with Crippen LogP contribution in [0, 0.1) is 5.92 Å². The predicted molar refractivity (Wildman–Crippen MR) is 85.4 cm³/mol. The summed E-state index contributed by atoms with van der Waals surface area (Å²) in [6, 6.07) is 0.577. The molecule has 2 heterocycles. The first kappa shape index (κ1) is 18.3. The third-order valence-corrected chi connectivity index (χ3v) is 3.65. The number of carboxylic acids is 1. The van der Waals surface area contributed by atoms with Gasteiger partial charge in [-0.3, -0.25) is 9.58 Å². The summed E-state index contributed by atoms with van der Waals surface area (Å²) in [6.07, 6.45) is 1.15. The minimum absolute atomic E-state index is 0.114. The summed E-state index contributed by atoms with van der Waals surface area (Å²) in [7, 11) is 0. The molecule has 1 saturated heterocycles. The van der Waals surface area contributed by atoms with Gasteiger partial charge in [0.2, 0.25) is 0 Å². The van der Waals surface area contributed by atoms with Crippen molar-refractivity contribution < 1.29 is 24.2 Å². The van der Waals surface area contributed by atoms with Crippen LogP contribution < -0.4 is 0 Å². The number of aromatic nitrogens is 2. The fourth-order valence-corrected chi connectivity index (χ4v) is 2.58. The molecule has 0 bridgehead atoms. The molecule has 1 N–H and O–H groups in total. The Morgan fingerprint density at radius 1 is 1.42 bits per heavy atom. The van der Waals surface area contributed by atoms with Crippen LogP contribution in [0.25, 0.3) is 0 Å². The maximum absolute atomic E-state index is 12.3. The third-order valence-electron chi connectivity index (χ3n) is 3.65. The maximum atomic E-state index is 12.3. The van der Waals surface area contributed by atoms with E-state index in [1.165, 1.54) is 9.58 Å². The van der Waals surface area contributed by atoms with Gasteiger partial charge >= 0.3 is 12.1 Å². The molecule has 8 nitrogen and oxygen atoms in total. The normalized spacial score (nSPS) is 19.6. The second-order valence-electron chi connectivity index (χ2n) is 7.21. The molecule has 1 aromatic rings. The number of aliphatic carboxylic acids is 1. The molecule has 8 heteroatoms. The van der Waals surface area contributed by atoms with Gasteiger partial charge in [0.15, 0.2) is 6.04 Å². The van der Waals surface area contributed by atoms with E-state index in [0.29, 0.717) is 12.3 Å². The fourth-order valence-electron chi connectivity index (χ4n) is 2.58. The first-order valence-electron chi connectivity index (χ1n) is 7.95. The van der Waals surface area contributed by atoms with E-state index in [-0.39, 0.29) is 18.7 Å². The van der Waals surface area contributed by atoms with Crippen molar-refractivity contribution in [3.05, 3.63) is 18.0 Å². The molecule has 1 aliphatic rings. The standard InChI is InChI=1S/C16H25N3O5/c1-10(2)13(14(20)21)19-7-6-11(17-19)12-8-23-9-18(12)15(22)24-16(3,4)5/h6-7,10,12-13H,8-9H2,1-5H3,(H,20,21)/t12-,13-/m0/s1. The Bertz CT molecular complexity index is 605. The average Bonchev–Trinajstić information content (AvgIpc) is 3.02. The molecule has 0 saturated carbocycles. The van der Waals surface area contributed by atoms with Gasteiger partial charge in [0.1, 0.15) is 18.4 Å². The van der Waals surface area contributed by atoms with E-state index in [0.717, 1.165) is 0 Å². The van der Waals surface area contributed by atoms with Gasteiger partial charge in [-0.05, 0) is 32.8 Å². The van der Waals surface area contributed by atoms with Crippen molar-refractivity contribution >= 4 is 12.1 Å². The highest BCUT2D eigenvalue weighted by atomic mass is 16.6. The van der Waals surface area contributed by atoms with Crippen molar-refractivity contribution in [2.75, 3.05) is 13.3 Å². The Kier molecular flexibility index (Phi) is 5.17. The Hall–Kier alpha value is -2.09. The number of carboxylic acid groups (broad SMARTS) is 1. The van der Waals surface area contributed by atoms with E-state index in [1.54, 1.807) is 33.0 Å². The van der Waals surface area contributed by atoms with Crippen molar-refractivity contribution in [2.24, 2.45) is 5.92 Å². The topological polar surface area (TPSA) is 93.9 Å². The molecule has 134 valence electrons. The van der Waals surface area contributed by atoms with Crippen molar-refractivity contribution in [1.29, 1.82) is 0 Å². The summed E-state index contributed by atoms with van der Waals surface area (Å²) in [4.78, 5) is 25.2. The number of hydrogen-bond acceptors (Lipinski definition) is 5. The van der Waals surface area contributed by atoms with Gasteiger partial charge in [0.25, 0.3) is 0 Å². The Balaban J connectivity index is 2.19. The molecule has 0 aliphatic carbocycles. The molecule has 0 unspecified atom stereocenters. The van der Waals surface area contributed by atoms with Crippen LogP contribution >= 0.6 is 0 Å². The number of rotatable bonds is 4. The summed E-state index contributed by atoms with van der Waals surface area (Å²) >= 11 is 0. The smallest absolute Gasteiger partial charge is 0.412 e. The second kappa shape index (κ2) is 6.80. The highest BCUT2D eigenvalue weighted by molar-refractivity contribution is 5.72. The van der Waals surface area contributed by atoms with Gasteiger partial charge in [0, 0.05) is 6.20 Å². The summed E-state index contributed by atoms with van der Waals surface area (Å²) in [5.41, 5.74) is -0.0134. The summed E-state index contributed by atoms with van der Waals surface area (Å²) < 4.78 is 12.2. The van der Waals surface area contributed by atoms with E-state index in [2.05, 4.69) is 5.10 Å². The lowest BCUT2D eigenvalue weighted by Gasteiger charge is -2.26. The average molecular weight is 339 g/mol. The molecule has 1 aliphatic heterocycles. The molecule has 1 amide bonds. The molecule has 1 fully saturated rings. The highest BCUT2D eigenvalue weighted by Crippen LogP contribution is 2.28. The maximum Gasteiger partial charge on any atom is 0.412 e. The van der Waals surface area contributed by atoms with Crippen LogP contribution in [0.4, 0.5) is 4.79 Å². The quantitative estimate of drug-likeness (QED) is 0.905. The first-order chi connectivity index (χ1) is 11.1. The molecular weight excluding hydrogens is 314 g/mol. The van der Waals surface area contributed by atoms with E-state index >= 15 is 0 Å². The van der Waals surface area contributed by atoms with E-state index in [9.17, 15) is 14.7 Å². The number of amides is 1. The molecule has 0 aromatic carbocycles. The number of carbonyl (C=O) groups excluding carboxylic acids is 1. The van der Waals surface area contributed by atoms with Crippen LogP contribution in [-0.2, 0) is 14.3 Å². The van der Waals surface area contributed by atoms with Crippen molar-refractivity contribution in [1.82, 2.24) is 14.7 Å². The molecule has 2 atom stereocenters. The van der Waals surface area contributed by atoms with Gasteiger partial charge in [0.05, 0.1) is 12.3 Å². The lowest BCUT2D eigenvalue weighted by Crippen LogP contribution is -2.37. The minimum Gasteiger partial charge on any atom is -0.480 e. The number of carbonyl (C=O) groups is 2. The molecule has 24 heavy (non-hydrogen) atoms. The zero-order chi connectivity index (χ0) is 18.1. The molecule has 0 radical (unpaired) electrons. The number of ether oxygens (including phenoxy) is 2. The number of nitrogens with zero attached hydrogens (tertiary/aromatic N) is 3. The van der Waals surface area contributed by atoms with Crippen molar-refractivity contribution in [3.8, 4) is 0 Å². The lowest BCUT2D eigenvalue weighted by atomic mass is 10.1. The molecular formula is C16H25N3O5. The van der Waals surface area contributed by atoms with Gasteiger partial charge in [-0.15, -0.1) is 0 Å². The van der Waals surface area contributed by atoms with Crippen LogP contribution in [0.1, 0.15) is 52.4 Å². The van der Waals surface area contributed by atoms with Gasteiger partial charge in [-0.25, -0.2) is 9.59 Å². The highest BCUT2D eigenvalue weighted by Gasteiger charge is 2.36. The van der Waals surface area contributed by atoms with Crippen molar-refractivity contribution in [3.63, 3.8) is 0 Å². The molecule has 2 rings (SSSR count). The van der Waals surface area contributed by atoms with Crippen molar-refractivity contribution in [2.45, 2.75) is 52.3 Å². The van der Waals surface area contributed by atoms with Crippen LogP contribution in [0.3, 0.4) is 0 Å². The van der Waals surface area contributed by atoms with Crippen LogP contribution in [0.2, 0.25) is 0 Å². The van der Waals surface area contributed by atoms with E-state index in [1.807, 2.05) is 13.8 Å². The second-order valence-corrected chi connectivity index (χ2v) is 7.21. The number of hydrogen-bond donors (Lipinski definition) is 1. The van der Waals surface area contributed by atoms with Crippen LogP contribution in [0.15, 0.2) is 12.3 Å². The van der Waals surface area contributed by atoms with Gasteiger partial charge < -0.3 is 14.6 Å². The van der Waals surface area contributed by atoms with Gasteiger partial charge in [-0.2, -0.15) is 5.10 Å². The summed E-state index contributed by atoms with van der Waals surface area (Å²) in [5.74, 6) is -1.05. The third kappa shape index (κ3) is 4.05. The summed E-state index contributed by atoms with van der Waals surface area (Å²) in [6.45, 7) is 9.47. The van der Waals surface area contributed by atoms with E-state index in [4.69, 9.17) is 9.47 Å². The largest absolute Gasteiger partial charge is 0.480 e. The Labute approximate surface area is 141 Å². The Morgan fingerprint density at radius 3 is 2.62 bits per heavy atom. The first-order valence-corrected chi connectivity index (χ1v) is 7.95. The van der Waals surface area contributed by atoms with Gasteiger partial charge in [-0.1, -0.05) is 13.8 Å². The van der Waals surface area contributed by atoms with Crippen LogP contribution in [0.5, 0.6) is 0 Å². The zero-order valence-corrected chi connectivity index (χ0v) is 14.7. The SMILES string of the molecule is CC(C)[C@@H](C(=O)O)n1ccc([C@@H]2COCN2C(=O)OC(C)(C)C)n1. The minimum atomic E-state index is -0.939. The lowest BCUT2D eigenvalue weighted by molar-refractivity contribution is -0.142. The fraction of sp³-hybridized carbons (Fsp3) is 0.688. The monoisotopic (exact) mass is 339 g/mol. The Morgan fingerprint density at radius 2 is 2.08 bits per heavy atom. The summed E-state index contributed by atoms with van der Waals surface area (Å²) in [5, 5.41) is 13.7. The zero-order valence-electron chi connectivity index (χ0n) is 14.7. The van der Waals surface area contributed by atoms with E-state index < -0.39 is 23.7 Å². The molecule has 1 aromatic heterocycles.